The molecule has 3 fully saturated rings. The minimum Gasteiger partial charge on any atom is -0.379 e. The fraction of sp³-hybridized carbons (Fsp3) is 0.714. The molecule has 3 aromatic heterocycles. The number of fused-ring (bicyclic) bond motifs is 4. The van der Waals surface area contributed by atoms with E-state index in [1.54, 1.807) is 0 Å². The van der Waals surface area contributed by atoms with Gasteiger partial charge >= 0.3 is 0 Å². The van der Waals surface area contributed by atoms with Gasteiger partial charge in [0.1, 0.15) is 11.6 Å². The minimum atomic E-state index is 0.417. The largest absolute Gasteiger partial charge is 0.379 e. The topological polar surface area (TPSA) is 77.1 Å². The molecular weight excluding hydrogens is 464 g/mol. The van der Waals surface area contributed by atoms with Gasteiger partial charge in [-0.2, -0.15) is 10.2 Å². The Morgan fingerprint density at radius 1 is 1.08 bits per heavy atom. The van der Waals surface area contributed by atoms with Crippen LogP contribution in [0.3, 0.4) is 0 Å². The molecule has 0 aromatic carbocycles. The number of hydrogen-bond donors (Lipinski definition) is 0. The van der Waals surface area contributed by atoms with Gasteiger partial charge in [-0.25, -0.2) is 9.97 Å². The highest BCUT2D eigenvalue weighted by molar-refractivity contribution is 5.87. The average molecular weight is 505 g/mol. The molecular formula is C28H40N8O. The summed E-state index contributed by atoms with van der Waals surface area (Å²) in [6.07, 6.45) is 11.1. The number of aryl methyl sites for hydroxylation is 3. The predicted octanol–water partition coefficient (Wildman–Crippen LogP) is 3.41. The standard InChI is InChI=1S/C28H40N8O/c1-19-23-17-35(27-22-16-29-33(3)26(22)30-20(2)31-27)10-7-25(23)36(32-19)18-28-8-4-5-21(15-28)24(6-9-28)34-11-13-37-14-12-34/h16,21,24H,4-15,17-18H2,1-3H3. The summed E-state index contributed by atoms with van der Waals surface area (Å²) in [6.45, 7) is 11.1. The Labute approximate surface area is 219 Å². The molecule has 9 nitrogen and oxygen atoms in total. The molecule has 3 unspecified atom stereocenters. The number of ether oxygens (including phenoxy) is 1. The lowest BCUT2D eigenvalue weighted by Crippen LogP contribution is -2.53. The van der Waals surface area contributed by atoms with E-state index in [1.165, 1.54) is 55.5 Å². The quantitative estimate of drug-likeness (QED) is 0.539. The first kappa shape index (κ1) is 23.6. The van der Waals surface area contributed by atoms with Crippen molar-refractivity contribution in [1.29, 1.82) is 0 Å². The molecule has 3 aromatic rings. The highest BCUT2D eigenvalue weighted by Crippen LogP contribution is 2.51. The van der Waals surface area contributed by atoms with Crippen LogP contribution in [0.25, 0.3) is 11.0 Å². The summed E-state index contributed by atoms with van der Waals surface area (Å²) >= 11 is 0. The van der Waals surface area contributed by atoms with Crippen molar-refractivity contribution in [2.75, 3.05) is 37.7 Å². The van der Waals surface area contributed by atoms with E-state index in [9.17, 15) is 0 Å². The highest BCUT2D eigenvalue weighted by Gasteiger charge is 2.46. The van der Waals surface area contributed by atoms with Gasteiger partial charge in [0, 0.05) is 63.5 Å². The molecule has 2 aliphatic heterocycles. The van der Waals surface area contributed by atoms with Crippen LogP contribution >= 0.6 is 0 Å². The van der Waals surface area contributed by atoms with Gasteiger partial charge in [-0.15, -0.1) is 0 Å². The van der Waals surface area contributed by atoms with Gasteiger partial charge < -0.3 is 9.64 Å². The number of aromatic nitrogens is 6. The minimum absolute atomic E-state index is 0.417. The molecule has 1 saturated heterocycles. The first-order valence-corrected chi connectivity index (χ1v) is 14.3. The Kier molecular flexibility index (Phi) is 5.77. The number of hydrogen-bond acceptors (Lipinski definition) is 7. The van der Waals surface area contributed by atoms with Gasteiger partial charge in [-0.1, -0.05) is 6.42 Å². The molecule has 4 aliphatic rings. The molecule has 0 amide bonds. The van der Waals surface area contributed by atoms with Crippen molar-refractivity contribution in [2.24, 2.45) is 18.4 Å². The van der Waals surface area contributed by atoms with Crippen molar-refractivity contribution < 1.29 is 4.74 Å². The molecule has 3 atom stereocenters. The normalized spacial score (nSPS) is 28.6. The third kappa shape index (κ3) is 4.05. The molecule has 2 saturated carbocycles. The van der Waals surface area contributed by atoms with E-state index in [0.29, 0.717) is 5.41 Å². The van der Waals surface area contributed by atoms with Crippen LogP contribution in [0.5, 0.6) is 0 Å². The number of morpholine rings is 1. The van der Waals surface area contributed by atoms with E-state index in [1.807, 2.05) is 24.9 Å². The second-order valence-electron chi connectivity index (χ2n) is 12.1. The van der Waals surface area contributed by atoms with Gasteiger partial charge in [0.25, 0.3) is 0 Å². The van der Waals surface area contributed by atoms with Crippen LogP contribution in [-0.4, -0.2) is 73.3 Å². The Bertz CT molecular complexity index is 1310. The van der Waals surface area contributed by atoms with Crippen LogP contribution in [0.4, 0.5) is 5.82 Å². The Morgan fingerprint density at radius 3 is 2.81 bits per heavy atom. The maximum Gasteiger partial charge on any atom is 0.163 e. The lowest BCUT2D eigenvalue weighted by Gasteiger charge is -2.52. The van der Waals surface area contributed by atoms with Gasteiger partial charge in [0.15, 0.2) is 5.65 Å². The fourth-order valence-corrected chi connectivity index (χ4v) is 8.00. The van der Waals surface area contributed by atoms with Gasteiger partial charge in [0.2, 0.25) is 0 Å². The van der Waals surface area contributed by atoms with Crippen molar-refractivity contribution in [3.8, 4) is 0 Å². The summed E-state index contributed by atoms with van der Waals surface area (Å²) in [5.74, 6) is 2.64. The van der Waals surface area contributed by atoms with Crippen LogP contribution in [0.1, 0.15) is 61.3 Å². The lowest BCUT2D eigenvalue weighted by molar-refractivity contribution is -0.0494. The maximum atomic E-state index is 5.64. The second-order valence-corrected chi connectivity index (χ2v) is 12.1. The SMILES string of the molecule is Cc1nc(N2CCc3c(c(C)nn3CC34CCCC(C3)C(N3CCOCC3)CC4)C2)c2cnn(C)c2n1. The van der Waals surface area contributed by atoms with Crippen LogP contribution in [0.2, 0.25) is 0 Å². The van der Waals surface area contributed by atoms with Gasteiger partial charge in [-0.3, -0.25) is 14.3 Å². The Balaban J connectivity index is 1.12. The second kappa shape index (κ2) is 9.05. The maximum absolute atomic E-state index is 5.64. The molecule has 0 N–H and O–H groups in total. The van der Waals surface area contributed by atoms with Crippen molar-refractivity contribution in [1.82, 2.24) is 34.4 Å². The smallest absolute Gasteiger partial charge is 0.163 e. The Hall–Kier alpha value is -2.52. The van der Waals surface area contributed by atoms with E-state index in [4.69, 9.17) is 14.8 Å². The molecule has 5 heterocycles. The molecule has 2 bridgehead atoms. The molecule has 9 heteroatoms. The van der Waals surface area contributed by atoms with Gasteiger partial charge in [0.05, 0.1) is 30.5 Å². The fourth-order valence-electron chi connectivity index (χ4n) is 8.00. The summed E-state index contributed by atoms with van der Waals surface area (Å²) in [6, 6.07) is 0.764. The lowest BCUT2D eigenvalue weighted by atomic mass is 9.60. The zero-order valence-electron chi connectivity index (χ0n) is 22.6. The van der Waals surface area contributed by atoms with Crippen LogP contribution in [0.15, 0.2) is 6.20 Å². The van der Waals surface area contributed by atoms with Crippen LogP contribution in [0, 0.1) is 25.2 Å². The van der Waals surface area contributed by atoms with Crippen LogP contribution < -0.4 is 4.90 Å². The van der Waals surface area contributed by atoms with Crippen LogP contribution in [-0.2, 0) is 31.3 Å². The first-order valence-electron chi connectivity index (χ1n) is 14.3. The number of anilines is 1. The molecule has 37 heavy (non-hydrogen) atoms. The van der Waals surface area contributed by atoms with E-state index < -0.39 is 0 Å². The first-order chi connectivity index (χ1) is 18.0. The zero-order valence-corrected chi connectivity index (χ0v) is 22.6. The van der Waals surface area contributed by atoms with E-state index in [2.05, 4.69) is 31.5 Å². The third-order valence-electron chi connectivity index (χ3n) is 9.81. The molecule has 0 spiro atoms. The predicted molar refractivity (Wildman–Crippen MR) is 143 cm³/mol. The van der Waals surface area contributed by atoms with Crippen molar-refractivity contribution >= 4 is 16.9 Å². The summed E-state index contributed by atoms with van der Waals surface area (Å²) in [5, 5.41) is 10.6. The van der Waals surface area contributed by atoms with Crippen molar-refractivity contribution in [3.05, 3.63) is 29.0 Å². The zero-order chi connectivity index (χ0) is 25.1. The summed E-state index contributed by atoms with van der Waals surface area (Å²) in [4.78, 5) is 14.6. The van der Waals surface area contributed by atoms with Crippen molar-refractivity contribution in [2.45, 2.75) is 77.9 Å². The average Bonchev–Trinajstić information content (AvgIpc) is 3.43. The third-order valence-corrected chi connectivity index (χ3v) is 9.81. The van der Waals surface area contributed by atoms with E-state index >= 15 is 0 Å². The molecule has 0 radical (unpaired) electrons. The highest BCUT2D eigenvalue weighted by atomic mass is 16.5. The molecule has 198 valence electrons. The molecule has 7 rings (SSSR count). The number of rotatable bonds is 4. The monoisotopic (exact) mass is 504 g/mol. The van der Waals surface area contributed by atoms with E-state index in [-0.39, 0.29) is 0 Å². The number of nitrogens with zero attached hydrogens (tertiary/aromatic N) is 8. The summed E-state index contributed by atoms with van der Waals surface area (Å²) in [5.41, 5.74) is 5.35. The van der Waals surface area contributed by atoms with Crippen molar-refractivity contribution in [3.63, 3.8) is 0 Å². The van der Waals surface area contributed by atoms with Gasteiger partial charge in [-0.05, 0) is 57.3 Å². The Morgan fingerprint density at radius 2 is 1.95 bits per heavy atom. The van der Waals surface area contributed by atoms with E-state index in [0.717, 1.165) is 87.0 Å². The summed E-state index contributed by atoms with van der Waals surface area (Å²) in [7, 11) is 1.95. The summed E-state index contributed by atoms with van der Waals surface area (Å²) < 4.78 is 9.91. The molecule has 2 aliphatic carbocycles.